The zero-order valence-corrected chi connectivity index (χ0v) is 9.80. The molecule has 2 N–H and O–H groups in total. The molecule has 1 aromatic rings. The average Bonchev–Trinajstić information content (AvgIpc) is 2.70. The third-order valence-electron chi connectivity index (χ3n) is 2.93. The highest BCUT2D eigenvalue weighted by Gasteiger charge is 2.17. The molecule has 1 aliphatic heterocycles. The van der Waals surface area contributed by atoms with Gasteiger partial charge in [0.25, 0.3) is 0 Å². The predicted octanol–water partition coefficient (Wildman–Crippen LogP) is 2.96. The van der Waals surface area contributed by atoms with E-state index in [0.717, 1.165) is 23.7 Å². The second-order valence-electron chi connectivity index (χ2n) is 4.19. The lowest BCUT2D eigenvalue weighted by atomic mass is 10.1. The number of hydrogen-bond donors (Lipinski definition) is 1. The molecule has 15 heavy (non-hydrogen) atoms. The molecule has 0 bridgehead atoms. The molecule has 1 unspecified atom stereocenters. The largest absolute Gasteiger partial charge is 0.371 e. The maximum absolute atomic E-state index is 5.99. The molecule has 2 rings (SSSR count). The number of halogens is 1. The summed E-state index contributed by atoms with van der Waals surface area (Å²) in [7, 11) is 0. The fraction of sp³-hybridized carbons (Fsp3) is 0.500. The molecular weight excluding hydrogens is 208 g/mol. The van der Waals surface area contributed by atoms with E-state index in [9.17, 15) is 0 Å². The van der Waals surface area contributed by atoms with Gasteiger partial charge >= 0.3 is 0 Å². The Bertz CT molecular complexity index is 343. The summed E-state index contributed by atoms with van der Waals surface area (Å²) in [6, 6.07) is 6.06. The molecule has 1 heterocycles. The summed E-state index contributed by atoms with van der Waals surface area (Å²) in [6.07, 6.45) is 2.56. The minimum Gasteiger partial charge on any atom is -0.371 e. The van der Waals surface area contributed by atoms with Gasteiger partial charge in [-0.1, -0.05) is 11.6 Å². The van der Waals surface area contributed by atoms with E-state index in [1.165, 1.54) is 18.5 Å². The van der Waals surface area contributed by atoms with Crippen LogP contribution in [0.5, 0.6) is 0 Å². The highest BCUT2D eigenvalue weighted by atomic mass is 35.5. The molecule has 82 valence electrons. The van der Waals surface area contributed by atoms with Crippen molar-refractivity contribution in [2.75, 3.05) is 18.0 Å². The summed E-state index contributed by atoms with van der Waals surface area (Å²) in [4.78, 5) is 2.40. The normalized spacial score (nSPS) is 18.2. The maximum Gasteiger partial charge on any atom is 0.0415 e. The zero-order valence-electron chi connectivity index (χ0n) is 9.04. The van der Waals surface area contributed by atoms with Gasteiger partial charge in [0.1, 0.15) is 0 Å². The minimum absolute atomic E-state index is 0.0410. The number of rotatable bonds is 2. The summed E-state index contributed by atoms with van der Waals surface area (Å²) in [6.45, 7) is 4.29. The van der Waals surface area contributed by atoms with Crippen LogP contribution in [-0.2, 0) is 0 Å². The lowest BCUT2D eigenvalue weighted by Crippen LogP contribution is -2.21. The number of hydrogen-bond acceptors (Lipinski definition) is 2. The molecule has 1 aromatic carbocycles. The SMILES string of the molecule is CC(N)c1cc(Cl)ccc1N1CCCC1. The third kappa shape index (κ3) is 2.27. The second kappa shape index (κ2) is 4.42. The van der Waals surface area contributed by atoms with E-state index in [-0.39, 0.29) is 6.04 Å². The molecule has 0 spiro atoms. The van der Waals surface area contributed by atoms with Crippen LogP contribution in [0, 0.1) is 0 Å². The van der Waals surface area contributed by atoms with Gasteiger partial charge in [-0.3, -0.25) is 0 Å². The second-order valence-corrected chi connectivity index (χ2v) is 4.62. The summed E-state index contributed by atoms with van der Waals surface area (Å²) >= 11 is 5.99. The molecule has 1 saturated heterocycles. The van der Waals surface area contributed by atoms with E-state index in [1.807, 2.05) is 19.1 Å². The number of anilines is 1. The van der Waals surface area contributed by atoms with Gasteiger partial charge < -0.3 is 10.6 Å². The van der Waals surface area contributed by atoms with Crippen molar-refractivity contribution in [3.8, 4) is 0 Å². The topological polar surface area (TPSA) is 29.3 Å². The first kappa shape index (κ1) is 10.8. The zero-order chi connectivity index (χ0) is 10.8. The van der Waals surface area contributed by atoms with E-state index in [1.54, 1.807) is 0 Å². The quantitative estimate of drug-likeness (QED) is 0.837. The van der Waals surface area contributed by atoms with Crippen LogP contribution < -0.4 is 10.6 Å². The van der Waals surface area contributed by atoms with E-state index in [4.69, 9.17) is 17.3 Å². The van der Waals surface area contributed by atoms with Gasteiger partial charge in [0.2, 0.25) is 0 Å². The third-order valence-corrected chi connectivity index (χ3v) is 3.16. The van der Waals surface area contributed by atoms with Crippen LogP contribution in [0.2, 0.25) is 5.02 Å². The van der Waals surface area contributed by atoms with Gasteiger partial charge in [-0.25, -0.2) is 0 Å². The summed E-state index contributed by atoms with van der Waals surface area (Å²) in [5.74, 6) is 0. The number of nitrogens with two attached hydrogens (primary N) is 1. The van der Waals surface area contributed by atoms with E-state index >= 15 is 0 Å². The Labute approximate surface area is 96.0 Å². The van der Waals surface area contributed by atoms with Gasteiger partial charge in [-0.15, -0.1) is 0 Å². The molecule has 3 heteroatoms. The van der Waals surface area contributed by atoms with Crippen molar-refractivity contribution in [1.29, 1.82) is 0 Å². The molecule has 0 saturated carbocycles. The van der Waals surface area contributed by atoms with Crippen LogP contribution in [-0.4, -0.2) is 13.1 Å². The van der Waals surface area contributed by atoms with Gasteiger partial charge in [-0.2, -0.15) is 0 Å². The lowest BCUT2D eigenvalue weighted by Gasteiger charge is -2.23. The van der Waals surface area contributed by atoms with Crippen LogP contribution in [0.25, 0.3) is 0 Å². The molecule has 1 aliphatic rings. The average molecular weight is 225 g/mol. The molecule has 0 aromatic heterocycles. The van der Waals surface area contributed by atoms with Crippen LogP contribution in [0.3, 0.4) is 0 Å². The van der Waals surface area contributed by atoms with Crippen LogP contribution in [0.4, 0.5) is 5.69 Å². The molecule has 0 amide bonds. The van der Waals surface area contributed by atoms with E-state index < -0.39 is 0 Å². The Hall–Kier alpha value is -0.730. The monoisotopic (exact) mass is 224 g/mol. The molecule has 1 atom stereocenters. The molecule has 0 radical (unpaired) electrons. The van der Waals surface area contributed by atoms with E-state index in [0.29, 0.717) is 0 Å². The summed E-state index contributed by atoms with van der Waals surface area (Å²) in [5, 5.41) is 0.769. The van der Waals surface area contributed by atoms with Gasteiger partial charge in [0, 0.05) is 29.8 Å². The number of benzene rings is 1. The first-order valence-corrected chi connectivity index (χ1v) is 5.86. The van der Waals surface area contributed by atoms with Crippen molar-refractivity contribution in [1.82, 2.24) is 0 Å². The summed E-state index contributed by atoms with van der Waals surface area (Å²) in [5.41, 5.74) is 8.38. The summed E-state index contributed by atoms with van der Waals surface area (Å²) < 4.78 is 0. The van der Waals surface area contributed by atoms with Crippen molar-refractivity contribution in [2.45, 2.75) is 25.8 Å². The smallest absolute Gasteiger partial charge is 0.0415 e. The Balaban J connectivity index is 2.36. The Kier molecular flexibility index (Phi) is 3.17. The fourth-order valence-electron chi connectivity index (χ4n) is 2.14. The molecule has 1 fully saturated rings. The number of nitrogens with zero attached hydrogens (tertiary/aromatic N) is 1. The van der Waals surface area contributed by atoms with Crippen molar-refractivity contribution >= 4 is 17.3 Å². The molecular formula is C12H17ClN2. The Morgan fingerprint density at radius 1 is 1.33 bits per heavy atom. The van der Waals surface area contributed by atoms with Crippen LogP contribution in [0.1, 0.15) is 31.4 Å². The Morgan fingerprint density at radius 2 is 2.00 bits per heavy atom. The van der Waals surface area contributed by atoms with E-state index in [2.05, 4.69) is 11.0 Å². The highest BCUT2D eigenvalue weighted by molar-refractivity contribution is 6.30. The van der Waals surface area contributed by atoms with Crippen molar-refractivity contribution in [3.63, 3.8) is 0 Å². The van der Waals surface area contributed by atoms with Gasteiger partial charge in [0.15, 0.2) is 0 Å². The van der Waals surface area contributed by atoms with Gasteiger partial charge in [-0.05, 0) is 43.5 Å². The lowest BCUT2D eigenvalue weighted by molar-refractivity contribution is 0.805. The minimum atomic E-state index is 0.0410. The van der Waals surface area contributed by atoms with Crippen molar-refractivity contribution in [3.05, 3.63) is 28.8 Å². The predicted molar refractivity (Wildman–Crippen MR) is 65.5 cm³/mol. The van der Waals surface area contributed by atoms with Crippen LogP contribution in [0.15, 0.2) is 18.2 Å². The van der Waals surface area contributed by atoms with Crippen LogP contribution >= 0.6 is 11.6 Å². The maximum atomic E-state index is 5.99. The fourth-order valence-corrected chi connectivity index (χ4v) is 2.32. The standard InChI is InChI=1S/C12H17ClN2/c1-9(14)11-8-10(13)4-5-12(11)15-6-2-3-7-15/h4-5,8-9H,2-3,6-7,14H2,1H3. The Morgan fingerprint density at radius 3 is 2.60 bits per heavy atom. The molecule has 0 aliphatic carbocycles. The first-order valence-electron chi connectivity index (χ1n) is 5.48. The van der Waals surface area contributed by atoms with Crippen molar-refractivity contribution in [2.24, 2.45) is 5.73 Å². The molecule has 2 nitrogen and oxygen atoms in total. The van der Waals surface area contributed by atoms with Crippen molar-refractivity contribution < 1.29 is 0 Å². The van der Waals surface area contributed by atoms with Gasteiger partial charge in [0.05, 0.1) is 0 Å². The highest BCUT2D eigenvalue weighted by Crippen LogP contribution is 2.30. The first-order chi connectivity index (χ1) is 7.18.